The number of ether oxygens (including phenoxy) is 1. The van der Waals surface area contributed by atoms with Crippen LogP contribution in [0.2, 0.25) is 0 Å². The number of carbonyl (C=O) groups excluding carboxylic acids is 5. The van der Waals surface area contributed by atoms with Gasteiger partial charge in [0.25, 0.3) is 0 Å². The molecule has 0 unspecified atom stereocenters. The predicted molar refractivity (Wildman–Crippen MR) is 139 cm³/mol. The first kappa shape index (κ1) is 29.7. The second kappa shape index (κ2) is 13.8. The number of esters is 1. The fourth-order valence-corrected chi connectivity index (χ4v) is 4.20. The standard InChI is InChI=1S/C26H36N6O7/c1-15(2)12-22(34)27-11-9-23(35)32-20(6-5-10-28-32)25(36)29-24(16(3)4)21(33)14-38-26(37)17-7-8-18-19(13-17)31-39-30-18/h7-8,13,15-16,20,24,28H,5-6,9-12,14H2,1-4H3,(H,27,34)(H,29,36)/t20-,24+/m0/s1. The van der Waals surface area contributed by atoms with Crippen molar-refractivity contribution in [2.75, 3.05) is 19.7 Å². The number of ketones is 1. The third-order valence-electron chi connectivity index (χ3n) is 6.22. The van der Waals surface area contributed by atoms with Crippen molar-refractivity contribution in [1.82, 2.24) is 31.4 Å². The van der Waals surface area contributed by atoms with Crippen LogP contribution in [-0.2, 0) is 23.9 Å². The van der Waals surface area contributed by atoms with E-state index in [-0.39, 0.29) is 42.2 Å². The zero-order valence-corrected chi connectivity index (χ0v) is 22.7. The highest BCUT2D eigenvalue weighted by atomic mass is 16.6. The van der Waals surface area contributed by atoms with E-state index < -0.39 is 36.4 Å². The van der Waals surface area contributed by atoms with Gasteiger partial charge >= 0.3 is 5.97 Å². The summed E-state index contributed by atoms with van der Waals surface area (Å²) in [7, 11) is 0. The average Bonchev–Trinajstić information content (AvgIpc) is 3.37. The van der Waals surface area contributed by atoms with Gasteiger partial charge < -0.3 is 15.4 Å². The first-order valence-corrected chi connectivity index (χ1v) is 13.1. The summed E-state index contributed by atoms with van der Waals surface area (Å²) in [6.07, 6.45) is 1.47. The highest BCUT2D eigenvalue weighted by Gasteiger charge is 2.35. The Morgan fingerprint density at radius 3 is 2.59 bits per heavy atom. The Hall–Kier alpha value is -3.87. The normalized spacial score (nSPS) is 16.3. The van der Waals surface area contributed by atoms with Crippen LogP contribution in [0.25, 0.3) is 11.0 Å². The summed E-state index contributed by atoms with van der Waals surface area (Å²) in [6.45, 7) is 7.53. The van der Waals surface area contributed by atoms with E-state index >= 15 is 0 Å². The van der Waals surface area contributed by atoms with Crippen LogP contribution in [0.5, 0.6) is 0 Å². The van der Waals surface area contributed by atoms with Crippen LogP contribution in [0.15, 0.2) is 22.8 Å². The van der Waals surface area contributed by atoms with Gasteiger partial charge in [0.15, 0.2) is 12.4 Å². The summed E-state index contributed by atoms with van der Waals surface area (Å²) in [5.74, 6) is -2.25. The molecular weight excluding hydrogens is 508 g/mol. The number of aromatic nitrogens is 2. The van der Waals surface area contributed by atoms with Gasteiger partial charge in [-0.3, -0.25) is 24.2 Å². The maximum Gasteiger partial charge on any atom is 0.338 e. The van der Waals surface area contributed by atoms with E-state index in [0.717, 1.165) is 0 Å². The van der Waals surface area contributed by atoms with Gasteiger partial charge in [-0.15, -0.1) is 0 Å². The molecule has 3 N–H and O–H groups in total. The molecule has 0 saturated carbocycles. The number of Topliss-reactive ketones (excluding diaryl/α,β-unsaturated/α-hetero) is 1. The fourth-order valence-electron chi connectivity index (χ4n) is 4.20. The zero-order chi connectivity index (χ0) is 28.5. The quantitative estimate of drug-likeness (QED) is 0.329. The first-order chi connectivity index (χ1) is 18.6. The van der Waals surface area contributed by atoms with Gasteiger partial charge in [-0.1, -0.05) is 27.7 Å². The molecule has 2 aromatic rings. The summed E-state index contributed by atoms with van der Waals surface area (Å²) < 4.78 is 9.80. The third-order valence-corrected chi connectivity index (χ3v) is 6.22. The molecule has 2 heterocycles. The minimum Gasteiger partial charge on any atom is -0.454 e. The smallest absolute Gasteiger partial charge is 0.338 e. The van der Waals surface area contributed by atoms with Crippen LogP contribution in [0, 0.1) is 11.8 Å². The van der Waals surface area contributed by atoms with Gasteiger partial charge in [-0.25, -0.2) is 14.8 Å². The van der Waals surface area contributed by atoms with Gasteiger partial charge in [-0.05, 0) is 53.2 Å². The van der Waals surface area contributed by atoms with E-state index in [1.54, 1.807) is 19.9 Å². The second-order valence-corrected chi connectivity index (χ2v) is 10.3. The van der Waals surface area contributed by atoms with Crippen molar-refractivity contribution in [2.24, 2.45) is 11.8 Å². The number of carbonyl (C=O) groups is 5. The fraction of sp³-hybridized carbons (Fsp3) is 0.577. The van der Waals surface area contributed by atoms with Gasteiger partial charge in [0.2, 0.25) is 17.7 Å². The SMILES string of the molecule is CC(C)CC(=O)NCCC(=O)N1NCCC[C@H]1C(=O)N[C@@H](C(=O)COC(=O)c1ccc2nonc2c1)C(C)C. The molecule has 1 fully saturated rings. The maximum atomic E-state index is 13.2. The highest BCUT2D eigenvalue weighted by molar-refractivity contribution is 5.97. The van der Waals surface area contributed by atoms with E-state index in [9.17, 15) is 24.0 Å². The molecule has 1 aromatic carbocycles. The topological polar surface area (TPSA) is 173 Å². The van der Waals surface area contributed by atoms with Crippen molar-refractivity contribution in [2.45, 2.75) is 65.5 Å². The zero-order valence-electron chi connectivity index (χ0n) is 22.7. The number of benzene rings is 1. The van der Waals surface area contributed by atoms with E-state index in [4.69, 9.17) is 4.74 Å². The molecule has 13 nitrogen and oxygen atoms in total. The van der Waals surface area contributed by atoms with E-state index in [1.807, 2.05) is 13.8 Å². The molecule has 212 valence electrons. The van der Waals surface area contributed by atoms with Crippen molar-refractivity contribution in [3.8, 4) is 0 Å². The molecule has 1 aliphatic rings. The van der Waals surface area contributed by atoms with Crippen LogP contribution < -0.4 is 16.1 Å². The number of hydrazine groups is 1. The van der Waals surface area contributed by atoms with Crippen LogP contribution >= 0.6 is 0 Å². The van der Waals surface area contributed by atoms with E-state index in [1.165, 1.54) is 17.1 Å². The minimum atomic E-state index is -0.929. The number of hydrogen-bond donors (Lipinski definition) is 3. The molecule has 0 spiro atoms. The number of nitrogens with zero attached hydrogens (tertiary/aromatic N) is 3. The Morgan fingerprint density at radius 1 is 1.13 bits per heavy atom. The molecular formula is C26H36N6O7. The number of nitrogens with one attached hydrogen (secondary N) is 3. The van der Waals surface area contributed by atoms with Crippen molar-refractivity contribution in [3.63, 3.8) is 0 Å². The lowest BCUT2D eigenvalue weighted by Gasteiger charge is -2.36. The van der Waals surface area contributed by atoms with Gasteiger partial charge in [0.1, 0.15) is 17.1 Å². The van der Waals surface area contributed by atoms with Crippen molar-refractivity contribution in [3.05, 3.63) is 23.8 Å². The predicted octanol–water partition coefficient (Wildman–Crippen LogP) is 1.14. The van der Waals surface area contributed by atoms with Crippen LogP contribution in [-0.4, -0.2) is 76.6 Å². The Kier molecular flexibility index (Phi) is 10.5. The van der Waals surface area contributed by atoms with E-state index in [0.29, 0.717) is 36.8 Å². The summed E-state index contributed by atoms with van der Waals surface area (Å²) >= 11 is 0. The number of amides is 3. The van der Waals surface area contributed by atoms with Crippen LogP contribution in [0.3, 0.4) is 0 Å². The molecule has 1 saturated heterocycles. The first-order valence-electron chi connectivity index (χ1n) is 13.1. The van der Waals surface area contributed by atoms with Crippen molar-refractivity contribution >= 4 is 40.5 Å². The van der Waals surface area contributed by atoms with E-state index in [2.05, 4.69) is 31.0 Å². The van der Waals surface area contributed by atoms with Crippen LogP contribution in [0.4, 0.5) is 0 Å². The Labute approximate surface area is 226 Å². The molecule has 0 radical (unpaired) electrons. The molecule has 3 rings (SSSR count). The monoisotopic (exact) mass is 544 g/mol. The minimum absolute atomic E-state index is 0.0271. The summed E-state index contributed by atoms with van der Waals surface area (Å²) in [5, 5.41) is 14.1. The summed E-state index contributed by atoms with van der Waals surface area (Å²) in [5.41, 5.74) is 3.99. The Morgan fingerprint density at radius 2 is 1.87 bits per heavy atom. The molecule has 0 aliphatic carbocycles. The number of rotatable bonds is 12. The molecule has 3 amide bonds. The molecule has 0 bridgehead atoms. The molecule has 1 aromatic heterocycles. The maximum absolute atomic E-state index is 13.2. The van der Waals surface area contributed by atoms with Gasteiger partial charge in [0, 0.05) is 25.9 Å². The lowest BCUT2D eigenvalue weighted by atomic mass is 9.98. The van der Waals surface area contributed by atoms with Crippen LogP contribution in [0.1, 0.15) is 63.7 Å². The lowest BCUT2D eigenvalue weighted by molar-refractivity contribution is -0.147. The molecule has 39 heavy (non-hydrogen) atoms. The van der Waals surface area contributed by atoms with Crippen molar-refractivity contribution in [1.29, 1.82) is 0 Å². The largest absolute Gasteiger partial charge is 0.454 e. The number of fused-ring (bicyclic) bond motifs is 1. The summed E-state index contributed by atoms with van der Waals surface area (Å²) in [4.78, 5) is 63.3. The molecule has 1 aliphatic heterocycles. The van der Waals surface area contributed by atoms with Crippen molar-refractivity contribution < 1.29 is 33.3 Å². The molecule has 2 atom stereocenters. The Bertz CT molecular complexity index is 1190. The number of hydrogen-bond acceptors (Lipinski definition) is 10. The van der Waals surface area contributed by atoms with Gasteiger partial charge in [-0.2, -0.15) is 0 Å². The third kappa shape index (κ3) is 8.31. The van der Waals surface area contributed by atoms with Gasteiger partial charge in [0.05, 0.1) is 11.6 Å². The summed E-state index contributed by atoms with van der Waals surface area (Å²) in [6, 6.07) is 2.72. The second-order valence-electron chi connectivity index (χ2n) is 10.3. The Balaban J connectivity index is 1.55. The average molecular weight is 545 g/mol. The molecule has 13 heteroatoms. The highest BCUT2D eigenvalue weighted by Crippen LogP contribution is 2.15. The lowest BCUT2D eigenvalue weighted by Crippen LogP contribution is -2.61.